The molecule has 1 heterocycles. The predicted octanol–water partition coefficient (Wildman–Crippen LogP) is 4.65. The molecule has 4 rings (SSSR count). The number of nitrogens with two attached hydrogens (primary N) is 1. The lowest BCUT2D eigenvalue weighted by atomic mass is 9.77. The molecule has 0 unspecified atom stereocenters. The van der Waals surface area contributed by atoms with E-state index in [1.54, 1.807) is 14.2 Å². The lowest BCUT2D eigenvalue weighted by Gasteiger charge is -2.29. The van der Waals surface area contributed by atoms with Crippen LogP contribution in [0.3, 0.4) is 0 Å². The Bertz CT molecular complexity index is 1070. The van der Waals surface area contributed by atoms with Crippen LogP contribution in [0.4, 0.5) is 10.8 Å². The molecule has 0 spiro atoms. The molecule has 0 atom stereocenters. The molecular weight excluding hydrogens is 386 g/mol. The molecule has 7 heteroatoms. The summed E-state index contributed by atoms with van der Waals surface area (Å²) in [5.74, 6) is 1.31. The average molecular weight is 412 g/mol. The number of aryl methyl sites for hydroxylation is 1. The first-order chi connectivity index (χ1) is 14.0. The van der Waals surface area contributed by atoms with Gasteiger partial charge in [-0.1, -0.05) is 30.2 Å². The SMILES string of the molecule is COc1ccc(C2(C(=O)Nc3cc(C)c4nc(N)sc4c3)CCCC2)cc1OC. The van der Waals surface area contributed by atoms with Crippen molar-refractivity contribution in [1.82, 2.24) is 4.98 Å². The highest BCUT2D eigenvalue weighted by Crippen LogP contribution is 2.44. The van der Waals surface area contributed by atoms with Crippen LogP contribution < -0.4 is 20.5 Å². The van der Waals surface area contributed by atoms with Crippen molar-refractivity contribution < 1.29 is 14.3 Å². The second-order valence-electron chi connectivity index (χ2n) is 7.51. The highest BCUT2D eigenvalue weighted by Gasteiger charge is 2.43. The van der Waals surface area contributed by atoms with E-state index in [0.29, 0.717) is 16.6 Å². The number of thiazole rings is 1. The molecule has 152 valence electrons. The molecule has 6 nitrogen and oxygen atoms in total. The largest absolute Gasteiger partial charge is 0.493 e. The van der Waals surface area contributed by atoms with Crippen LogP contribution in [-0.2, 0) is 10.2 Å². The van der Waals surface area contributed by atoms with E-state index in [1.165, 1.54) is 11.3 Å². The summed E-state index contributed by atoms with van der Waals surface area (Å²) in [6, 6.07) is 9.69. The van der Waals surface area contributed by atoms with E-state index in [1.807, 2.05) is 37.3 Å². The van der Waals surface area contributed by atoms with E-state index in [2.05, 4.69) is 10.3 Å². The lowest BCUT2D eigenvalue weighted by molar-refractivity contribution is -0.121. The molecule has 1 aliphatic rings. The summed E-state index contributed by atoms with van der Waals surface area (Å²) >= 11 is 1.43. The Hall–Kier alpha value is -2.80. The van der Waals surface area contributed by atoms with Gasteiger partial charge in [-0.25, -0.2) is 4.98 Å². The standard InChI is InChI=1S/C22H25N3O3S/c1-13-10-15(12-18-19(13)25-21(23)29-18)24-20(26)22(8-4-5-9-22)14-6-7-16(27-2)17(11-14)28-3/h6-7,10-12H,4-5,8-9H2,1-3H3,(H2,23,25)(H,24,26). The number of ether oxygens (including phenoxy) is 2. The number of fused-ring (bicyclic) bond motifs is 1. The van der Waals surface area contributed by atoms with Crippen LogP contribution in [0.2, 0.25) is 0 Å². The first-order valence-electron chi connectivity index (χ1n) is 9.67. The number of rotatable bonds is 5. The summed E-state index contributed by atoms with van der Waals surface area (Å²) in [4.78, 5) is 17.9. The van der Waals surface area contributed by atoms with Gasteiger partial charge >= 0.3 is 0 Å². The van der Waals surface area contributed by atoms with Gasteiger partial charge in [0.15, 0.2) is 16.6 Å². The zero-order chi connectivity index (χ0) is 20.6. The number of methoxy groups -OCH3 is 2. The van der Waals surface area contributed by atoms with Crippen LogP contribution in [0.15, 0.2) is 30.3 Å². The minimum absolute atomic E-state index is 0.0125. The molecule has 3 N–H and O–H groups in total. The first-order valence-corrected chi connectivity index (χ1v) is 10.5. The van der Waals surface area contributed by atoms with Crippen molar-refractivity contribution in [3.8, 4) is 11.5 Å². The van der Waals surface area contributed by atoms with E-state index in [4.69, 9.17) is 15.2 Å². The van der Waals surface area contributed by atoms with Crippen molar-refractivity contribution in [2.75, 3.05) is 25.3 Å². The van der Waals surface area contributed by atoms with Crippen molar-refractivity contribution in [2.24, 2.45) is 0 Å². The number of hydrogen-bond acceptors (Lipinski definition) is 6. The number of nitrogen functional groups attached to an aromatic ring is 1. The summed E-state index contributed by atoms with van der Waals surface area (Å²) in [6.07, 6.45) is 3.66. The Morgan fingerprint density at radius 3 is 2.55 bits per heavy atom. The molecule has 1 amide bonds. The Balaban J connectivity index is 1.69. The van der Waals surface area contributed by atoms with Gasteiger partial charge in [0.2, 0.25) is 5.91 Å². The Kier molecular flexibility index (Phi) is 5.08. The average Bonchev–Trinajstić information content (AvgIpc) is 3.35. The Labute approximate surface area is 174 Å². The van der Waals surface area contributed by atoms with E-state index >= 15 is 0 Å². The van der Waals surface area contributed by atoms with Gasteiger partial charge in [0.05, 0.1) is 29.9 Å². The van der Waals surface area contributed by atoms with E-state index in [-0.39, 0.29) is 5.91 Å². The predicted molar refractivity (Wildman–Crippen MR) is 117 cm³/mol. The van der Waals surface area contributed by atoms with E-state index < -0.39 is 5.41 Å². The number of carbonyl (C=O) groups is 1. The molecule has 1 aromatic heterocycles. The smallest absolute Gasteiger partial charge is 0.235 e. The molecule has 1 saturated carbocycles. The number of amides is 1. The monoisotopic (exact) mass is 411 g/mol. The summed E-state index contributed by atoms with van der Waals surface area (Å²) in [5, 5.41) is 3.69. The minimum Gasteiger partial charge on any atom is -0.493 e. The van der Waals surface area contributed by atoms with Gasteiger partial charge in [0.1, 0.15) is 0 Å². The third-order valence-corrected chi connectivity index (χ3v) is 6.62. The Morgan fingerprint density at radius 1 is 1.14 bits per heavy atom. The zero-order valence-electron chi connectivity index (χ0n) is 16.9. The molecule has 0 aliphatic heterocycles. The molecule has 0 radical (unpaired) electrons. The quantitative estimate of drug-likeness (QED) is 0.638. The van der Waals surface area contributed by atoms with Crippen molar-refractivity contribution in [1.29, 1.82) is 0 Å². The van der Waals surface area contributed by atoms with Crippen molar-refractivity contribution in [2.45, 2.75) is 38.0 Å². The zero-order valence-corrected chi connectivity index (χ0v) is 17.7. The molecular formula is C22H25N3O3S. The number of benzene rings is 2. The van der Waals surface area contributed by atoms with Crippen LogP contribution in [0.5, 0.6) is 11.5 Å². The van der Waals surface area contributed by atoms with E-state index in [9.17, 15) is 4.79 Å². The minimum atomic E-state index is -0.574. The molecule has 1 aliphatic carbocycles. The molecule has 2 aromatic carbocycles. The van der Waals surface area contributed by atoms with E-state index in [0.717, 1.165) is 52.7 Å². The topological polar surface area (TPSA) is 86.5 Å². The summed E-state index contributed by atoms with van der Waals surface area (Å²) in [6.45, 7) is 1.98. The normalized spacial score (nSPS) is 15.4. The van der Waals surface area contributed by atoms with Gasteiger partial charge < -0.3 is 20.5 Å². The van der Waals surface area contributed by atoms with Crippen LogP contribution in [0.25, 0.3) is 10.2 Å². The first kappa shape index (κ1) is 19.5. The van der Waals surface area contributed by atoms with Crippen LogP contribution in [0, 0.1) is 6.92 Å². The van der Waals surface area contributed by atoms with Gasteiger partial charge in [-0.15, -0.1) is 0 Å². The number of nitrogens with zero attached hydrogens (tertiary/aromatic N) is 1. The maximum atomic E-state index is 13.5. The molecule has 1 fully saturated rings. The number of aromatic nitrogens is 1. The number of hydrogen-bond donors (Lipinski definition) is 2. The van der Waals surface area contributed by atoms with Gasteiger partial charge in [0.25, 0.3) is 0 Å². The maximum Gasteiger partial charge on any atom is 0.235 e. The van der Waals surface area contributed by atoms with Crippen molar-refractivity contribution in [3.05, 3.63) is 41.5 Å². The van der Waals surface area contributed by atoms with Crippen LogP contribution in [-0.4, -0.2) is 25.1 Å². The van der Waals surface area contributed by atoms with Gasteiger partial charge in [-0.2, -0.15) is 0 Å². The fraction of sp³-hybridized carbons (Fsp3) is 0.364. The van der Waals surface area contributed by atoms with Crippen LogP contribution >= 0.6 is 11.3 Å². The molecule has 0 bridgehead atoms. The lowest BCUT2D eigenvalue weighted by Crippen LogP contribution is -2.38. The van der Waals surface area contributed by atoms with Gasteiger partial charge in [0, 0.05) is 5.69 Å². The summed E-state index contributed by atoms with van der Waals surface area (Å²) in [7, 11) is 3.22. The van der Waals surface area contributed by atoms with Gasteiger partial charge in [-0.05, 0) is 55.2 Å². The fourth-order valence-electron chi connectivity index (χ4n) is 4.30. The highest BCUT2D eigenvalue weighted by atomic mass is 32.1. The second-order valence-corrected chi connectivity index (χ2v) is 8.57. The molecule has 0 saturated heterocycles. The summed E-state index contributed by atoms with van der Waals surface area (Å²) < 4.78 is 11.8. The summed E-state index contributed by atoms with van der Waals surface area (Å²) in [5.41, 5.74) is 8.91. The van der Waals surface area contributed by atoms with Gasteiger partial charge in [-0.3, -0.25) is 4.79 Å². The third kappa shape index (κ3) is 3.40. The molecule has 29 heavy (non-hydrogen) atoms. The Morgan fingerprint density at radius 2 is 1.86 bits per heavy atom. The van der Waals surface area contributed by atoms with Crippen molar-refractivity contribution >= 4 is 38.3 Å². The van der Waals surface area contributed by atoms with Crippen LogP contribution in [0.1, 0.15) is 36.8 Å². The number of nitrogens with one attached hydrogen (secondary N) is 1. The molecule has 3 aromatic rings. The van der Waals surface area contributed by atoms with Crippen molar-refractivity contribution in [3.63, 3.8) is 0 Å². The second kappa shape index (κ2) is 7.55. The third-order valence-electron chi connectivity index (χ3n) is 5.79. The highest BCUT2D eigenvalue weighted by molar-refractivity contribution is 7.22. The number of carbonyl (C=O) groups excluding carboxylic acids is 1. The fourth-order valence-corrected chi connectivity index (χ4v) is 5.15. The number of anilines is 2. The maximum absolute atomic E-state index is 13.5.